The smallest absolute Gasteiger partial charge is 0.353 e. The molecular formula is C14H19N3O3. The molecule has 0 unspecified atom stereocenters. The summed E-state index contributed by atoms with van der Waals surface area (Å²) in [5.41, 5.74) is -0.408. The Morgan fingerprint density at radius 3 is 2.50 bits per heavy atom. The fourth-order valence-corrected chi connectivity index (χ4v) is 3.15. The van der Waals surface area contributed by atoms with E-state index in [2.05, 4.69) is 15.3 Å². The predicted molar refractivity (Wildman–Crippen MR) is 71.2 cm³/mol. The van der Waals surface area contributed by atoms with Gasteiger partial charge in [0.1, 0.15) is 11.5 Å². The molecule has 0 saturated heterocycles. The highest BCUT2D eigenvalue weighted by atomic mass is 16.4. The van der Waals surface area contributed by atoms with Gasteiger partial charge in [0.2, 0.25) is 5.91 Å². The number of carbonyl (C=O) groups is 2. The lowest BCUT2D eigenvalue weighted by Crippen LogP contribution is -2.53. The van der Waals surface area contributed by atoms with E-state index in [4.69, 9.17) is 5.11 Å². The largest absolute Gasteiger partial charge is 0.477 e. The summed E-state index contributed by atoms with van der Waals surface area (Å²) in [7, 11) is 0. The first-order valence-corrected chi connectivity index (χ1v) is 7.21. The third-order valence-electron chi connectivity index (χ3n) is 4.56. The quantitative estimate of drug-likeness (QED) is 0.782. The Morgan fingerprint density at radius 1 is 1.30 bits per heavy atom. The predicted octanol–water partition coefficient (Wildman–Crippen LogP) is 1.79. The zero-order chi connectivity index (χ0) is 14.2. The fourth-order valence-electron chi connectivity index (χ4n) is 3.15. The summed E-state index contributed by atoms with van der Waals surface area (Å²) in [6.07, 6.45) is 8.13. The first kappa shape index (κ1) is 13.1. The average Bonchev–Trinajstić information content (AvgIpc) is 3.03. The highest BCUT2D eigenvalue weighted by molar-refractivity contribution is 5.85. The number of carbonyl (C=O) groups excluding carboxylic acids is 1. The summed E-state index contributed by atoms with van der Waals surface area (Å²) in [6.45, 7) is 0. The molecule has 108 valence electrons. The van der Waals surface area contributed by atoms with Crippen molar-refractivity contribution in [3.63, 3.8) is 0 Å². The summed E-state index contributed by atoms with van der Waals surface area (Å²) in [6, 6.07) is 0. The van der Waals surface area contributed by atoms with Crippen LogP contribution in [0.3, 0.4) is 0 Å². The van der Waals surface area contributed by atoms with Gasteiger partial charge >= 0.3 is 5.97 Å². The maximum atomic E-state index is 12.3. The van der Waals surface area contributed by atoms with Crippen LogP contribution in [0.4, 0.5) is 0 Å². The Kier molecular flexibility index (Phi) is 3.23. The van der Waals surface area contributed by atoms with Gasteiger partial charge < -0.3 is 15.4 Å². The molecule has 1 aromatic heterocycles. The van der Waals surface area contributed by atoms with Gasteiger partial charge in [-0.15, -0.1) is 0 Å². The summed E-state index contributed by atoms with van der Waals surface area (Å²) in [4.78, 5) is 30.2. The monoisotopic (exact) mass is 277 g/mol. The van der Waals surface area contributed by atoms with E-state index in [0.29, 0.717) is 5.82 Å². The van der Waals surface area contributed by atoms with Crippen molar-refractivity contribution in [3.05, 3.63) is 17.7 Å². The highest BCUT2D eigenvalue weighted by Crippen LogP contribution is 2.40. The van der Waals surface area contributed by atoms with Gasteiger partial charge in [-0.2, -0.15) is 0 Å². The molecule has 0 aliphatic heterocycles. The zero-order valence-electron chi connectivity index (χ0n) is 11.3. The molecule has 0 atom stereocenters. The van der Waals surface area contributed by atoms with E-state index in [0.717, 1.165) is 44.9 Å². The number of aromatic nitrogens is 2. The summed E-state index contributed by atoms with van der Waals surface area (Å²) in [5.74, 6) is -0.246. The van der Waals surface area contributed by atoms with Gasteiger partial charge in [-0.25, -0.2) is 9.78 Å². The van der Waals surface area contributed by atoms with Crippen molar-refractivity contribution in [3.8, 4) is 0 Å². The van der Waals surface area contributed by atoms with Gasteiger partial charge in [0.25, 0.3) is 0 Å². The first-order chi connectivity index (χ1) is 9.61. The molecule has 3 N–H and O–H groups in total. The van der Waals surface area contributed by atoms with Crippen LogP contribution in [0.2, 0.25) is 0 Å². The topological polar surface area (TPSA) is 95.1 Å². The van der Waals surface area contributed by atoms with Gasteiger partial charge in [-0.3, -0.25) is 4.79 Å². The number of carboxylic acid groups (broad SMARTS) is 1. The number of carboxylic acids is 1. The Morgan fingerprint density at radius 2 is 2.00 bits per heavy atom. The van der Waals surface area contributed by atoms with Crippen molar-refractivity contribution in [1.29, 1.82) is 0 Å². The molecule has 2 fully saturated rings. The number of nitrogens with one attached hydrogen (secondary N) is 2. The van der Waals surface area contributed by atoms with E-state index in [9.17, 15) is 9.59 Å². The second-order valence-corrected chi connectivity index (χ2v) is 5.86. The van der Waals surface area contributed by atoms with Gasteiger partial charge in [0.05, 0.1) is 11.7 Å². The van der Waals surface area contributed by atoms with E-state index in [-0.39, 0.29) is 17.5 Å². The van der Waals surface area contributed by atoms with Crippen LogP contribution in [0.1, 0.15) is 61.3 Å². The third-order valence-corrected chi connectivity index (χ3v) is 4.56. The summed E-state index contributed by atoms with van der Waals surface area (Å²) in [5, 5.41) is 12.1. The second kappa shape index (κ2) is 4.92. The van der Waals surface area contributed by atoms with Gasteiger partial charge in [0, 0.05) is 5.92 Å². The minimum atomic E-state index is -1.03. The minimum Gasteiger partial charge on any atom is -0.477 e. The van der Waals surface area contributed by atoms with Crippen molar-refractivity contribution >= 4 is 11.9 Å². The van der Waals surface area contributed by atoms with Crippen LogP contribution in [-0.4, -0.2) is 27.0 Å². The first-order valence-electron chi connectivity index (χ1n) is 7.21. The van der Waals surface area contributed by atoms with Crippen LogP contribution in [0.15, 0.2) is 6.20 Å². The second-order valence-electron chi connectivity index (χ2n) is 5.86. The van der Waals surface area contributed by atoms with Gasteiger partial charge in [0.15, 0.2) is 0 Å². The number of hydrogen-bond acceptors (Lipinski definition) is 3. The Labute approximate surface area is 117 Å². The van der Waals surface area contributed by atoms with Crippen molar-refractivity contribution in [2.24, 2.45) is 5.92 Å². The normalized spacial score (nSPS) is 21.4. The summed E-state index contributed by atoms with van der Waals surface area (Å²) < 4.78 is 0. The Balaban J connectivity index is 1.76. The van der Waals surface area contributed by atoms with Crippen molar-refractivity contribution < 1.29 is 14.7 Å². The molecular weight excluding hydrogens is 258 g/mol. The van der Waals surface area contributed by atoms with Crippen LogP contribution in [0.5, 0.6) is 0 Å². The number of imidazole rings is 1. The number of H-pyrrole nitrogens is 1. The average molecular weight is 277 g/mol. The molecule has 3 rings (SSSR count). The van der Waals surface area contributed by atoms with Crippen LogP contribution >= 0.6 is 0 Å². The van der Waals surface area contributed by atoms with Crippen LogP contribution in [0.25, 0.3) is 0 Å². The molecule has 1 amide bonds. The standard InChI is InChI=1S/C14H19N3O3/c18-11(9-4-1-2-5-9)17-14(6-3-7-14)13-15-8-10(16-13)12(19)20/h8-9H,1-7H2,(H,15,16)(H,17,18)(H,19,20). The highest BCUT2D eigenvalue weighted by Gasteiger charge is 2.44. The number of aromatic amines is 1. The molecule has 6 heteroatoms. The summed E-state index contributed by atoms with van der Waals surface area (Å²) >= 11 is 0. The van der Waals surface area contributed by atoms with Crippen molar-refractivity contribution in [1.82, 2.24) is 15.3 Å². The Bertz CT molecular complexity index is 528. The minimum absolute atomic E-state index is 0.0707. The number of rotatable bonds is 4. The molecule has 2 aliphatic carbocycles. The molecule has 1 heterocycles. The molecule has 1 aromatic rings. The van der Waals surface area contributed by atoms with Crippen molar-refractivity contribution in [2.45, 2.75) is 50.5 Å². The molecule has 0 spiro atoms. The molecule has 6 nitrogen and oxygen atoms in total. The molecule has 20 heavy (non-hydrogen) atoms. The fraction of sp³-hybridized carbons (Fsp3) is 0.643. The maximum Gasteiger partial charge on any atom is 0.353 e. The van der Waals surface area contributed by atoms with E-state index >= 15 is 0 Å². The SMILES string of the molecule is O=C(O)c1cnc(C2(NC(=O)C3CCCC3)CCC2)[nH]1. The lowest BCUT2D eigenvalue weighted by atomic mass is 9.75. The third kappa shape index (κ3) is 2.19. The van der Waals surface area contributed by atoms with E-state index in [1.807, 2.05) is 0 Å². The van der Waals surface area contributed by atoms with Gasteiger partial charge in [-0.05, 0) is 32.1 Å². The maximum absolute atomic E-state index is 12.3. The number of aromatic carboxylic acids is 1. The van der Waals surface area contributed by atoms with Gasteiger partial charge in [-0.1, -0.05) is 12.8 Å². The molecule has 2 saturated carbocycles. The van der Waals surface area contributed by atoms with Crippen molar-refractivity contribution in [2.75, 3.05) is 0 Å². The number of nitrogens with zero attached hydrogens (tertiary/aromatic N) is 1. The van der Waals surface area contributed by atoms with Crippen LogP contribution in [-0.2, 0) is 10.3 Å². The van der Waals surface area contributed by atoms with E-state index < -0.39 is 11.5 Å². The number of amides is 1. The molecule has 2 aliphatic rings. The van der Waals surface area contributed by atoms with E-state index in [1.165, 1.54) is 6.20 Å². The molecule has 0 bridgehead atoms. The number of hydrogen-bond donors (Lipinski definition) is 3. The molecule has 0 aromatic carbocycles. The lowest BCUT2D eigenvalue weighted by molar-refractivity contribution is -0.128. The van der Waals surface area contributed by atoms with Crippen LogP contribution in [0, 0.1) is 5.92 Å². The zero-order valence-corrected chi connectivity index (χ0v) is 11.3. The lowest BCUT2D eigenvalue weighted by Gasteiger charge is -2.41. The Hall–Kier alpha value is -1.85. The van der Waals surface area contributed by atoms with Crippen LogP contribution < -0.4 is 5.32 Å². The van der Waals surface area contributed by atoms with E-state index in [1.54, 1.807) is 0 Å². The molecule has 0 radical (unpaired) electrons.